The lowest BCUT2D eigenvalue weighted by Crippen LogP contribution is -2.47. The van der Waals surface area contributed by atoms with Crippen molar-refractivity contribution in [3.8, 4) is 11.5 Å². The van der Waals surface area contributed by atoms with Crippen LogP contribution in [0.4, 0.5) is 5.69 Å². The lowest BCUT2D eigenvalue weighted by molar-refractivity contribution is -0.111. The van der Waals surface area contributed by atoms with E-state index in [-0.39, 0.29) is 4.90 Å². The Morgan fingerprint density at radius 3 is 2.58 bits per heavy atom. The maximum Gasteiger partial charge on any atom is 0.248 e. The lowest BCUT2D eigenvalue weighted by atomic mass is 10.2. The number of amides is 1. The lowest BCUT2D eigenvalue weighted by Gasteiger charge is -2.31. The van der Waals surface area contributed by atoms with Crippen molar-refractivity contribution in [1.82, 2.24) is 9.21 Å². The number of rotatable bonds is 8. The van der Waals surface area contributed by atoms with E-state index in [4.69, 9.17) is 21.1 Å². The number of piperazine rings is 1. The van der Waals surface area contributed by atoms with Crippen molar-refractivity contribution in [3.05, 3.63) is 53.1 Å². The fourth-order valence-corrected chi connectivity index (χ4v) is 5.13. The van der Waals surface area contributed by atoms with Gasteiger partial charge in [-0.15, -0.1) is 0 Å². The number of ether oxygens (including phenoxy) is 2. The molecule has 2 aromatic carbocycles. The molecular formula is C23H28ClN3O5S. The van der Waals surface area contributed by atoms with Gasteiger partial charge in [0.25, 0.3) is 0 Å². The Morgan fingerprint density at radius 2 is 1.91 bits per heavy atom. The van der Waals surface area contributed by atoms with Gasteiger partial charge in [0, 0.05) is 37.9 Å². The van der Waals surface area contributed by atoms with Gasteiger partial charge in [0.2, 0.25) is 15.9 Å². The molecule has 1 aliphatic heterocycles. The summed E-state index contributed by atoms with van der Waals surface area (Å²) < 4.78 is 38.2. The quantitative estimate of drug-likeness (QED) is 0.567. The first-order valence-electron chi connectivity index (χ1n) is 10.5. The highest BCUT2D eigenvalue weighted by molar-refractivity contribution is 7.89. The Bertz CT molecular complexity index is 1130. The van der Waals surface area contributed by atoms with E-state index in [0.29, 0.717) is 60.6 Å². The van der Waals surface area contributed by atoms with Gasteiger partial charge in [0.1, 0.15) is 0 Å². The maximum atomic E-state index is 13.0. The number of sulfonamides is 1. The van der Waals surface area contributed by atoms with Gasteiger partial charge in [-0.05, 0) is 55.9 Å². The average molecular weight is 494 g/mol. The van der Waals surface area contributed by atoms with Crippen LogP contribution in [0.5, 0.6) is 11.5 Å². The molecule has 0 atom stereocenters. The fraction of sp³-hybridized carbons (Fsp3) is 0.348. The molecule has 1 amide bonds. The highest BCUT2D eigenvalue weighted by Gasteiger charge is 2.27. The highest BCUT2D eigenvalue weighted by Crippen LogP contribution is 2.36. The van der Waals surface area contributed by atoms with Crippen LogP contribution in [0.2, 0.25) is 5.02 Å². The van der Waals surface area contributed by atoms with E-state index < -0.39 is 15.9 Å². The summed E-state index contributed by atoms with van der Waals surface area (Å²) in [5.41, 5.74) is 1.05. The van der Waals surface area contributed by atoms with Gasteiger partial charge in [-0.2, -0.15) is 4.31 Å². The molecule has 0 saturated carbocycles. The molecule has 0 bridgehead atoms. The number of anilines is 1. The highest BCUT2D eigenvalue weighted by atomic mass is 35.5. The summed E-state index contributed by atoms with van der Waals surface area (Å²) in [6.45, 7) is 4.52. The van der Waals surface area contributed by atoms with Crippen molar-refractivity contribution in [2.75, 3.05) is 52.3 Å². The Hall–Kier alpha value is -2.59. The van der Waals surface area contributed by atoms with Gasteiger partial charge < -0.3 is 19.7 Å². The molecule has 10 heteroatoms. The molecule has 178 valence electrons. The van der Waals surface area contributed by atoms with Gasteiger partial charge in [0.05, 0.1) is 23.6 Å². The standard InChI is InChI=1S/C23H28ClN3O5S/c1-4-32-23-20(24)14-17(15-21(23)31-3)8-9-22(28)25-18-6-5-7-19(16-18)33(29,30)27-12-10-26(2)11-13-27/h5-9,14-16H,4,10-13H2,1-3H3,(H,25,28)/b9-8+. The zero-order valence-corrected chi connectivity index (χ0v) is 20.4. The number of methoxy groups -OCH3 is 1. The molecule has 33 heavy (non-hydrogen) atoms. The van der Waals surface area contributed by atoms with Crippen molar-refractivity contribution < 1.29 is 22.7 Å². The number of hydrogen-bond acceptors (Lipinski definition) is 6. The van der Waals surface area contributed by atoms with Crippen molar-refractivity contribution in [3.63, 3.8) is 0 Å². The average Bonchev–Trinajstić information content (AvgIpc) is 2.79. The van der Waals surface area contributed by atoms with Crippen LogP contribution in [0.1, 0.15) is 12.5 Å². The molecule has 3 rings (SSSR count). The third kappa shape index (κ3) is 6.26. The summed E-state index contributed by atoms with van der Waals surface area (Å²) in [6, 6.07) is 9.64. The Morgan fingerprint density at radius 1 is 1.18 bits per heavy atom. The largest absolute Gasteiger partial charge is 0.493 e. The predicted molar refractivity (Wildman–Crippen MR) is 130 cm³/mol. The summed E-state index contributed by atoms with van der Waals surface area (Å²) >= 11 is 6.27. The topological polar surface area (TPSA) is 88.2 Å². The van der Waals surface area contributed by atoms with Crippen LogP contribution >= 0.6 is 11.6 Å². The van der Waals surface area contributed by atoms with E-state index in [1.165, 1.54) is 29.6 Å². The molecule has 1 N–H and O–H groups in total. The number of likely N-dealkylation sites (N-methyl/N-ethyl adjacent to an activating group) is 1. The van der Waals surface area contributed by atoms with E-state index in [0.717, 1.165) is 0 Å². The molecule has 0 aliphatic carbocycles. The third-order valence-electron chi connectivity index (χ3n) is 5.17. The van der Waals surface area contributed by atoms with Crippen LogP contribution in [0.25, 0.3) is 6.08 Å². The Kier molecular flexibility index (Phi) is 8.36. The van der Waals surface area contributed by atoms with Crippen LogP contribution < -0.4 is 14.8 Å². The zero-order chi connectivity index (χ0) is 24.0. The number of benzene rings is 2. The van der Waals surface area contributed by atoms with E-state index in [9.17, 15) is 13.2 Å². The molecule has 0 unspecified atom stereocenters. The third-order valence-corrected chi connectivity index (χ3v) is 7.34. The second kappa shape index (κ2) is 11.0. The second-order valence-electron chi connectivity index (χ2n) is 7.52. The van der Waals surface area contributed by atoms with Crippen LogP contribution in [0, 0.1) is 0 Å². The second-order valence-corrected chi connectivity index (χ2v) is 9.87. The smallest absolute Gasteiger partial charge is 0.248 e. The SMILES string of the molecule is CCOc1c(Cl)cc(/C=C/C(=O)Nc2cccc(S(=O)(=O)N3CCN(C)CC3)c2)cc1OC. The van der Waals surface area contributed by atoms with E-state index in [1.54, 1.807) is 30.3 Å². The summed E-state index contributed by atoms with van der Waals surface area (Å²) in [6.07, 6.45) is 2.93. The van der Waals surface area contributed by atoms with Gasteiger partial charge in [-0.25, -0.2) is 8.42 Å². The van der Waals surface area contributed by atoms with Crippen molar-refractivity contribution in [1.29, 1.82) is 0 Å². The van der Waals surface area contributed by atoms with E-state index >= 15 is 0 Å². The molecule has 1 heterocycles. The molecule has 0 aromatic heterocycles. The van der Waals surface area contributed by atoms with E-state index in [1.807, 2.05) is 14.0 Å². The number of nitrogens with zero attached hydrogens (tertiary/aromatic N) is 2. The van der Waals surface area contributed by atoms with Gasteiger partial charge in [-0.3, -0.25) is 4.79 Å². The first-order valence-corrected chi connectivity index (χ1v) is 12.3. The summed E-state index contributed by atoms with van der Waals surface area (Å²) in [4.78, 5) is 14.7. The Balaban J connectivity index is 1.71. The fourth-order valence-electron chi connectivity index (χ4n) is 3.39. The first-order chi connectivity index (χ1) is 15.7. The van der Waals surface area contributed by atoms with Crippen LogP contribution in [0.15, 0.2) is 47.4 Å². The normalized spacial score (nSPS) is 15.5. The summed E-state index contributed by atoms with van der Waals surface area (Å²) in [5, 5.41) is 3.08. The molecule has 1 aliphatic rings. The van der Waals surface area contributed by atoms with Crippen LogP contribution in [-0.2, 0) is 14.8 Å². The number of hydrogen-bond donors (Lipinski definition) is 1. The monoisotopic (exact) mass is 493 g/mol. The van der Waals surface area contributed by atoms with Gasteiger partial charge in [0.15, 0.2) is 11.5 Å². The van der Waals surface area contributed by atoms with Crippen molar-refractivity contribution in [2.24, 2.45) is 0 Å². The van der Waals surface area contributed by atoms with Crippen molar-refractivity contribution >= 4 is 39.3 Å². The zero-order valence-electron chi connectivity index (χ0n) is 18.9. The van der Waals surface area contributed by atoms with Gasteiger partial charge in [-0.1, -0.05) is 17.7 Å². The van der Waals surface area contributed by atoms with E-state index in [2.05, 4.69) is 10.2 Å². The summed E-state index contributed by atoms with van der Waals surface area (Å²) in [7, 11) is -0.149. The number of carbonyl (C=O) groups excluding carboxylic acids is 1. The molecule has 0 spiro atoms. The van der Waals surface area contributed by atoms with Crippen molar-refractivity contribution in [2.45, 2.75) is 11.8 Å². The number of carbonyl (C=O) groups is 1. The molecule has 2 aromatic rings. The number of nitrogens with one attached hydrogen (secondary N) is 1. The molecule has 8 nitrogen and oxygen atoms in total. The first kappa shape index (κ1) is 25.0. The minimum atomic E-state index is -3.62. The van der Waals surface area contributed by atoms with Gasteiger partial charge >= 0.3 is 0 Å². The van der Waals surface area contributed by atoms with Crippen LogP contribution in [-0.4, -0.2) is 70.5 Å². The molecule has 1 fully saturated rings. The number of halogens is 1. The summed E-state index contributed by atoms with van der Waals surface area (Å²) in [5.74, 6) is 0.501. The van der Waals surface area contributed by atoms with Crippen LogP contribution in [0.3, 0.4) is 0 Å². The minimum Gasteiger partial charge on any atom is -0.493 e. The maximum absolute atomic E-state index is 13.0. The Labute approximate surface area is 199 Å². The molecule has 1 saturated heterocycles. The predicted octanol–water partition coefficient (Wildman–Crippen LogP) is 3.34. The molecule has 0 radical (unpaired) electrons. The molecular weight excluding hydrogens is 466 g/mol. The minimum absolute atomic E-state index is 0.150.